The Labute approximate surface area is 173 Å². The third-order valence-electron chi connectivity index (χ3n) is 5.69. The number of benzene rings is 2. The van der Waals surface area contributed by atoms with E-state index in [0.717, 1.165) is 31.3 Å². The van der Waals surface area contributed by atoms with Gasteiger partial charge < -0.3 is 14.8 Å². The van der Waals surface area contributed by atoms with E-state index in [1.54, 1.807) is 18.3 Å². The smallest absolute Gasteiger partial charge is 0.275 e. The molecule has 1 N–H and O–H groups in total. The Morgan fingerprint density at radius 3 is 2.77 bits per heavy atom. The minimum absolute atomic E-state index is 0.00881. The van der Waals surface area contributed by atoms with Crippen LogP contribution in [-0.2, 0) is 11.5 Å². The number of rotatable bonds is 4. The van der Waals surface area contributed by atoms with E-state index in [-0.39, 0.29) is 24.2 Å². The normalized spacial score (nSPS) is 16.7. The van der Waals surface area contributed by atoms with Gasteiger partial charge in [-0.2, -0.15) is 5.10 Å². The summed E-state index contributed by atoms with van der Waals surface area (Å²) >= 11 is 0. The van der Waals surface area contributed by atoms with Gasteiger partial charge in [-0.05, 0) is 31.0 Å². The summed E-state index contributed by atoms with van der Waals surface area (Å²) in [5, 5.41) is 8.79. The summed E-state index contributed by atoms with van der Waals surface area (Å²) in [6, 6.07) is 12.9. The minimum Gasteiger partial charge on any atom is -0.454 e. The van der Waals surface area contributed by atoms with Gasteiger partial charge in [0.1, 0.15) is 0 Å². The number of likely N-dealkylation sites (tertiary alicyclic amines) is 1. The van der Waals surface area contributed by atoms with Gasteiger partial charge >= 0.3 is 0 Å². The number of piperidine rings is 1. The lowest BCUT2D eigenvalue weighted by atomic mass is 9.96. The standard InChI is InChI=1S/C22H22N4O4/c27-21(24-17-5-6-19-20(11-17)30-14-29-19)15-7-9-25(10-8-15)13-26-22(28)18-4-2-1-3-16(18)12-23-26/h1-6,11-12,15H,7-10,13-14H2,(H,24,27). The van der Waals surface area contributed by atoms with Crippen LogP contribution in [0.5, 0.6) is 11.5 Å². The topological polar surface area (TPSA) is 85.7 Å². The molecule has 8 nitrogen and oxygen atoms in total. The van der Waals surface area contributed by atoms with Gasteiger partial charge in [-0.1, -0.05) is 18.2 Å². The van der Waals surface area contributed by atoms with Gasteiger partial charge in [0.2, 0.25) is 12.7 Å². The molecule has 1 fully saturated rings. The Kier molecular flexibility index (Phi) is 4.84. The van der Waals surface area contributed by atoms with Crippen molar-refractivity contribution in [3.05, 3.63) is 59.0 Å². The zero-order valence-electron chi connectivity index (χ0n) is 16.4. The van der Waals surface area contributed by atoms with Gasteiger partial charge in [-0.15, -0.1) is 0 Å². The molecule has 0 spiro atoms. The van der Waals surface area contributed by atoms with Gasteiger partial charge in [0.05, 0.1) is 18.3 Å². The van der Waals surface area contributed by atoms with Crippen molar-refractivity contribution in [1.29, 1.82) is 0 Å². The highest BCUT2D eigenvalue weighted by atomic mass is 16.7. The average Bonchev–Trinajstić information content (AvgIpc) is 3.24. The second kappa shape index (κ2) is 7.79. The van der Waals surface area contributed by atoms with Crippen molar-refractivity contribution in [3.8, 4) is 11.5 Å². The molecule has 0 atom stereocenters. The summed E-state index contributed by atoms with van der Waals surface area (Å²) in [7, 11) is 0. The molecule has 154 valence electrons. The first kappa shape index (κ1) is 18.6. The Bertz CT molecular complexity index is 1150. The zero-order chi connectivity index (χ0) is 20.5. The lowest BCUT2D eigenvalue weighted by molar-refractivity contribution is -0.121. The number of aromatic nitrogens is 2. The molecule has 2 aromatic carbocycles. The van der Waals surface area contributed by atoms with Crippen molar-refractivity contribution in [2.24, 2.45) is 5.92 Å². The van der Waals surface area contributed by atoms with E-state index < -0.39 is 0 Å². The van der Waals surface area contributed by atoms with Crippen LogP contribution in [0.15, 0.2) is 53.5 Å². The maximum Gasteiger partial charge on any atom is 0.275 e. The predicted molar refractivity (Wildman–Crippen MR) is 111 cm³/mol. The molecule has 0 bridgehead atoms. The number of carbonyl (C=O) groups is 1. The van der Waals surface area contributed by atoms with Gasteiger partial charge in [-0.3, -0.25) is 14.5 Å². The van der Waals surface area contributed by atoms with Crippen molar-refractivity contribution in [3.63, 3.8) is 0 Å². The van der Waals surface area contributed by atoms with Crippen molar-refractivity contribution >= 4 is 22.4 Å². The summed E-state index contributed by atoms with van der Waals surface area (Å²) < 4.78 is 12.2. The Hall–Kier alpha value is -3.39. The van der Waals surface area contributed by atoms with E-state index >= 15 is 0 Å². The largest absolute Gasteiger partial charge is 0.454 e. The quantitative estimate of drug-likeness (QED) is 0.716. The average molecular weight is 406 g/mol. The van der Waals surface area contributed by atoms with Gasteiger partial charge in [-0.25, -0.2) is 4.68 Å². The SMILES string of the molecule is O=C(Nc1ccc2c(c1)OCO2)C1CCN(Cn2ncc3ccccc3c2=O)CC1. The number of fused-ring (bicyclic) bond motifs is 2. The fourth-order valence-corrected chi connectivity index (χ4v) is 3.97. The highest BCUT2D eigenvalue weighted by Crippen LogP contribution is 2.34. The molecule has 0 saturated carbocycles. The number of carbonyl (C=O) groups excluding carboxylic acids is 1. The van der Waals surface area contributed by atoms with E-state index in [1.165, 1.54) is 4.68 Å². The summed E-state index contributed by atoms with van der Waals surface area (Å²) in [6.45, 7) is 2.11. The monoisotopic (exact) mass is 406 g/mol. The predicted octanol–water partition coefficient (Wildman–Crippen LogP) is 2.43. The number of hydrogen-bond donors (Lipinski definition) is 1. The maximum atomic E-state index is 12.7. The lowest BCUT2D eigenvalue weighted by Gasteiger charge is -2.31. The van der Waals surface area contributed by atoms with Gasteiger partial charge in [0.25, 0.3) is 5.56 Å². The Balaban J connectivity index is 1.19. The maximum absolute atomic E-state index is 12.7. The van der Waals surface area contributed by atoms with E-state index in [4.69, 9.17) is 9.47 Å². The van der Waals surface area contributed by atoms with Crippen LogP contribution in [0.4, 0.5) is 5.69 Å². The molecule has 30 heavy (non-hydrogen) atoms. The van der Waals surface area contributed by atoms with Crippen LogP contribution >= 0.6 is 0 Å². The molecule has 2 aliphatic rings. The van der Waals surface area contributed by atoms with Crippen LogP contribution in [0.25, 0.3) is 10.8 Å². The van der Waals surface area contributed by atoms with E-state index in [9.17, 15) is 9.59 Å². The highest BCUT2D eigenvalue weighted by molar-refractivity contribution is 5.93. The van der Waals surface area contributed by atoms with Crippen molar-refractivity contribution in [1.82, 2.24) is 14.7 Å². The fourth-order valence-electron chi connectivity index (χ4n) is 3.97. The number of nitrogens with zero attached hydrogens (tertiary/aromatic N) is 3. The van der Waals surface area contributed by atoms with Gasteiger partial charge in [0.15, 0.2) is 11.5 Å². The summed E-state index contributed by atoms with van der Waals surface area (Å²) in [6.07, 6.45) is 3.19. The molecule has 3 heterocycles. The lowest BCUT2D eigenvalue weighted by Crippen LogP contribution is -2.41. The highest BCUT2D eigenvalue weighted by Gasteiger charge is 2.26. The Morgan fingerprint density at radius 1 is 1.10 bits per heavy atom. The number of anilines is 1. The second-order valence-corrected chi connectivity index (χ2v) is 7.63. The molecule has 2 aliphatic heterocycles. The van der Waals surface area contributed by atoms with Crippen LogP contribution < -0.4 is 20.3 Å². The molecule has 0 radical (unpaired) electrons. The minimum atomic E-state index is -0.0872. The van der Waals surface area contributed by atoms with E-state index in [1.807, 2.05) is 30.3 Å². The molecule has 0 aliphatic carbocycles. The van der Waals surface area contributed by atoms with Crippen molar-refractivity contribution in [2.45, 2.75) is 19.5 Å². The summed E-state index contributed by atoms with van der Waals surface area (Å²) in [5.74, 6) is 1.29. The van der Waals surface area contributed by atoms with Crippen molar-refractivity contribution in [2.75, 3.05) is 25.2 Å². The third kappa shape index (κ3) is 3.61. The fraction of sp³-hybridized carbons (Fsp3) is 0.318. The summed E-state index contributed by atoms with van der Waals surface area (Å²) in [5.41, 5.74) is 0.620. The molecule has 5 rings (SSSR count). The molecular weight excluding hydrogens is 384 g/mol. The van der Waals surface area contributed by atoms with E-state index in [0.29, 0.717) is 29.2 Å². The molecule has 1 amide bonds. The number of hydrogen-bond acceptors (Lipinski definition) is 6. The summed E-state index contributed by atoms with van der Waals surface area (Å²) in [4.78, 5) is 27.5. The first-order chi connectivity index (χ1) is 14.7. The van der Waals surface area contributed by atoms with Crippen LogP contribution in [0.3, 0.4) is 0 Å². The second-order valence-electron chi connectivity index (χ2n) is 7.63. The third-order valence-corrected chi connectivity index (χ3v) is 5.69. The first-order valence-corrected chi connectivity index (χ1v) is 10.0. The molecule has 3 aromatic rings. The first-order valence-electron chi connectivity index (χ1n) is 10.0. The van der Waals surface area contributed by atoms with Gasteiger partial charge in [0, 0.05) is 36.1 Å². The van der Waals surface area contributed by atoms with Crippen molar-refractivity contribution < 1.29 is 14.3 Å². The number of amides is 1. The van der Waals surface area contributed by atoms with Crippen LogP contribution in [0.1, 0.15) is 12.8 Å². The van der Waals surface area contributed by atoms with E-state index in [2.05, 4.69) is 15.3 Å². The molecule has 8 heteroatoms. The molecule has 1 aromatic heterocycles. The molecule has 1 saturated heterocycles. The van der Waals surface area contributed by atoms with Crippen LogP contribution in [0, 0.1) is 5.92 Å². The number of nitrogens with one attached hydrogen (secondary N) is 1. The molecule has 0 unspecified atom stereocenters. The molecular formula is C22H22N4O4. The zero-order valence-corrected chi connectivity index (χ0v) is 16.4. The number of ether oxygens (including phenoxy) is 2. The van der Waals surface area contributed by atoms with Crippen LogP contribution in [-0.4, -0.2) is 40.5 Å². The Morgan fingerprint density at radius 2 is 1.90 bits per heavy atom. The van der Waals surface area contributed by atoms with Crippen LogP contribution in [0.2, 0.25) is 0 Å².